The Labute approximate surface area is 74.8 Å². The van der Waals surface area contributed by atoms with Crippen molar-refractivity contribution in [3.05, 3.63) is 0 Å². The summed E-state index contributed by atoms with van der Waals surface area (Å²) in [5.74, 6) is 0. The molecule has 0 aliphatic heterocycles. The minimum absolute atomic E-state index is 0. The second-order valence-corrected chi connectivity index (χ2v) is 1.42. The van der Waals surface area contributed by atoms with Crippen LogP contribution >= 0.6 is 7.91 Å². The second kappa shape index (κ2) is 8.26. The summed E-state index contributed by atoms with van der Waals surface area (Å²) in [6.07, 6.45) is 0. The minimum atomic E-state index is -5.14. The van der Waals surface area contributed by atoms with Crippen LogP contribution in [-0.4, -0.2) is 58.5 Å². The van der Waals surface area contributed by atoms with Gasteiger partial charge in [-0.2, -0.15) is 0 Å². The molecule has 0 bridgehead atoms. The minimum Gasteiger partial charge on any atom is -0.412 e. The maximum absolute atomic E-state index is 10.4. The molecule has 0 saturated heterocycles. The van der Waals surface area contributed by atoms with Crippen LogP contribution in [0.15, 0.2) is 0 Å². The van der Waals surface area contributed by atoms with Crippen molar-refractivity contribution in [2.24, 2.45) is 0 Å². The molecule has 0 saturated carbocycles. The van der Waals surface area contributed by atoms with Gasteiger partial charge in [-0.15, -0.1) is 4.20 Å². The van der Waals surface area contributed by atoms with E-state index in [4.69, 9.17) is 14.4 Å². The van der Waals surface area contributed by atoms with Crippen molar-refractivity contribution >= 4 is 45.6 Å². The zero-order valence-electron chi connectivity index (χ0n) is 3.83. The first kappa shape index (κ1) is 22.8. The van der Waals surface area contributed by atoms with Gasteiger partial charge in [0.2, 0.25) is 0 Å². The Morgan fingerprint density at radius 2 is 1.25 bits per heavy atom. The summed E-state index contributed by atoms with van der Waals surface area (Å²) in [6.45, 7) is 0. The normalized spacial score (nSPS) is 7.38. The largest absolute Gasteiger partial charge is 0.507 e. The molecule has 0 aromatic rings. The van der Waals surface area contributed by atoms with Gasteiger partial charge in [0.1, 0.15) is 0 Å². The first-order valence-corrected chi connectivity index (χ1v) is 2.25. The zero-order chi connectivity index (χ0) is 4.50. The van der Waals surface area contributed by atoms with Gasteiger partial charge >= 0.3 is 7.91 Å². The molecular formula is H6CaFO5P. The molecule has 0 aromatic carbocycles. The van der Waals surface area contributed by atoms with E-state index < -0.39 is 7.91 Å². The second-order valence-electron chi connectivity index (χ2n) is 0.473. The van der Waals surface area contributed by atoms with Crippen LogP contribution in [0.4, 0.5) is 4.20 Å². The average molecular weight is 176 g/mol. The third kappa shape index (κ3) is 179. The molecule has 0 aromatic heterocycles. The molecule has 2 radical (unpaired) electrons. The number of rotatable bonds is 0. The number of hydrogen-bond donors (Lipinski definition) is 2. The first-order valence-electron chi connectivity index (χ1n) is 0.752. The molecule has 0 aliphatic rings. The molecule has 0 aliphatic carbocycles. The van der Waals surface area contributed by atoms with Crippen LogP contribution in [0.25, 0.3) is 0 Å². The fraction of sp³-hybridized carbons (Fsp3) is 0. The van der Waals surface area contributed by atoms with Gasteiger partial charge in [-0.25, -0.2) is 4.57 Å². The van der Waals surface area contributed by atoms with E-state index in [-0.39, 0.29) is 48.7 Å². The van der Waals surface area contributed by atoms with Crippen LogP contribution in [0.2, 0.25) is 0 Å². The van der Waals surface area contributed by atoms with Crippen molar-refractivity contribution in [1.29, 1.82) is 0 Å². The summed E-state index contributed by atoms with van der Waals surface area (Å²) < 4.78 is 19.0. The van der Waals surface area contributed by atoms with Crippen LogP contribution in [0.3, 0.4) is 0 Å². The molecule has 50 valence electrons. The van der Waals surface area contributed by atoms with Crippen molar-refractivity contribution in [3.63, 3.8) is 0 Å². The average Bonchev–Trinajstić information content (AvgIpc) is 0.722. The van der Waals surface area contributed by atoms with Crippen molar-refractivity contribution in [2.75, 3.05) is 0 Å². The molecule has 0 unspecified atom stereocenters. The van der Waals surface area contributed by atoms with E-state index in [9.17, 15) is 4.20 Å². The number of halogens is 1. The van der Waals surface area contributed by atoms with Gasteiger partial charge < -0.3 is 11.0 Å². The van der Waals surface area contributed by atoms with Crippen LogP contribution < -0.4 is 0 Å². The van der Waals surface area contributed by atoms with Crippen LogP contribution in [-0.2, 0) is 4.57 Å². The molecule has 0 atom stereocenters. The van der Waals surface area contributed by atoms with Crippen molar-refractivity contribution in [2.45, 2.75) is 0 Å². The van der Waals surface area contributed by atoms with E-state index in [2.05, 4.69) is 0 Å². The van der Waals surface area contributed by atoms with Gasteiger partial charge in [0.15, 0.2) is 0 Å². The Bertz CT molecular complexity index is 58.6. The first-order chi connectivity index (χ1) is 2.00. The smallest absolute Gasteiger partial charge is 0.412 e. The Hall–Kier alpha value is 1.26. The van der Waals surface area contributed by atoms with Crippen LogP contribution in [0.1, 0.15) is 0 Å². The van der Waals surface area contributed by atoms with Gasteiger partial charge in [0, 0.05) is 37.7 Å². The topological polar surface area (TPSA) is 121 Å². The molecule has 5 nitrogen and oxygen atoms in total. The summed E-state index contributed by atoms with van der Waals surface area (Å²) in [6, 6.07) is 0. The molecule has 0 spiro atoms. The predicted octanol–water partition coefficient (Wildman–Crippen LogP) is -1.98. The molecule has 8 heavy (non-hydrogen) atoms. The van der Waals surface area contributed by atoms with Crippen molar-refractivity contribution < 1.29 is 29.5 Å². The van der Waals surface area contributed by atoms with E-state index in [0.717, 1.165) is 0 Å². The molecule has 0 heterocycles. The predicted molar refractivity (Wildman–Crippen MR) is 26.1 cm³/mol. The van der Waals surface area contributed by atoms with E-state index in [1.165, 1.54) is 0 Å². The van der Waals surface area contributed by atoms with Crippen molar-refractivity contribution in [1.82, 2.24) is 0 Å². The molecule has 0 rings (SSSR count). The standard InChI is InChI=1S/Ca.FH2O3P.2H2O/c;1-5(2,3)4;;/h;(H2,2,3,4);2*1H2. The number of hydrogen-bond acceptors (Lipinski definition) is 1. The van der Waals surface area contributed by atoms with E-state index in [0.29, 0.717) is 0 Å². The maximum atomic E-state index is 10.4. The molecule has 0 amide bonds. The Balaban J connectivity index is -0.0000000267. The Kier molecular flexibility index (Phi) is 23.6. The third-order valence-electron chi connectivity index (χ3n) is 0. The van der Waals surface area contributed by atoms with E-state index >= 15 is 0 Å². The van der Waals surface area contributed by atoms with Crippen LogP contribution in [0, 0.1) is 0 Å². The Morgan fingerprint density at radius 1 is 1.25 bits per heavy atom. The SMILES string of the molecule is O.O.O=P(O)(O)F.[Ca]. The fourth-order valence-electron chi connectivity index (χ4n) is 0. The van der Waals surface area contributed by atoms with Gasteiger partial charge in [0.25, 0.3) is 0 Å². The van der Waals surface area contributed by atoms with Crippen LogP contribution in [0.5, 0.6) is 0 Å². The van der Waals surface area contributed by atoms with E-state index in [1.54, 1.807) is 0 Å². The maximum Gasteiger partial charge on any atom is 0.507 e. The van der Waals surface area contributed by atoms with Gasteiger partial charge in [-0.05, 0) is 0 Å². The summed E-state index contributed by atoms with van der Waals surface area (Å²) in [5, 5.41) is 0. The summed E-state index contributed by atoms with van der Waals surface area (Å²) in [7, 11) is -5.14. The van der Waals surface area contributed by atoms with Gasteiger partial charge in [0.05, 0.1) is 0 Å². The Morgan fingerprint density at radius 3 is 1.25 bits per heavy atom. The van der Waals surface area contributed by atoms with E-state index in [1.807, 2.05) is 0 Å². The summed E-state index contributed by atoms with van der Waals surface area (Å²) in [4.78, 5) is 13.9. The summed E-state index contributed by atoms with van der Waals surface area (Å²) >= 11 is 0. The molecule has 0 fully saturated rings. The monoisotopic (exact) mass is 176 g/mol. The molecule has 6 N–H and O–H groups in total. The quantitative estimate of drug-likeness (QED) is 0.328. The zero-order valence-corrected chi connectivity index (χ0v) is 6.94. The van der Waals surface area contributed by atoms with Gasteiger partial charge in [-0.1, -0.05) is 0 Å². The van der Waals surface area contributed by atoms with Crippen molar-refractivity contribution in [3.8, 4) is 0 Å². The fourth-order valence-corrected chi connectivity index (χ4v) is 0. The summed E-state index contributed by atoms with van der Waals surface area (Å²) in [5.41, 5.74) is 0. The van der Waals surface area contributed by atoms with Gasteiger partial charge in [-0.3, -0.25) is 9.79 Å². The third-order valence-corrected chi connectivity index (χ3v) is 0. The molecule has 8 heteroatoms. The molecular weight excluding hydrogens is 170 g/mol.